The van der Waals surface area contributed by atoms with Gasteiger partial charge in [0.2, 0.25) is 5.95 Å². The first-order chi connectivity index (χ1) is 7.48. The van der Waals surface area contributed by atoms with E-state index in [1.165, 1.54) is 0 Å². The van der Waals surface area contributed by atoms with Crippen molar-refractivity contribution in [3.63, 3.8) is 0 Å². The summed E-state index contributed by atoms with van der Waals surface area (Å²) in [6, 6.07) is 0. The largest absolute Gasteiger partial charge is 0.388 e. The van der Waals surface area contributed by atoms with Crippen LogP contribution in [0.3, 0.4) is 0 Å². The van der Waals surface area contributed by atoms with E-state index in [9.17, 15) is 5.11 Å². The Bertz CT molecular complexity index is 392. The number of rotatable bonds is 1. The van der Waals surface area contributed by atoms with Crippen LogP contribution < -0.4 is 4.90 Å². The van der Waals surface area contributed by atoms with Crippen molar-refractivity contribution in [3.05, 3.63) is 11.4 Å². The van der Waals surface area contributed by atoms with Gasteiger partial charge < -0.3 is 10.0 Å². The first-order valence-corrected chi connectivity index (χ1v) is 5.63. The Morgan fingerprint density at radius 1 is 1.25 bits per heavy atom. The van der Waals surface area contributed by atoms with Crippen LogP contribution in [0.5, 0.6) is 0 Å². The van der Waals surface area contributed by atoms with Gasteiger partial charge in [-0.1, -0.05) is 0 Å². The minimum atomic E-state index is -0.638. The van der Waals surface area contributed by atoms with E-state index in [0.29, 0.717) is 12.5 Å². The number of piperidine rings is 1. The van der Waals surface area contributed by atoms with Crippen LogP contribution in [-0.2, 0) is 0 Å². The van der Waals surface area contributed by atoms with E-state index in [4.69, 9.17) is 0 Å². The fraction of sp³-hybridized carbons (Fsp3) is 0.727. The highest BCUT2D eigenvalue weighted by Gasteiger charge is 2.29. The lowest BCUT2D eigenvalue weighted by atomic mass is 9.95. The maximum Gasteiger partial charge on any atom is 0.245 e. The summed E-state index contributed by atoms with van der Waals surface area (Å²) in [7, 11) is 0. The fourth-order valence-electron chi connectivity index (χ4n) is 1.97. The molecule has 1 unspecified atom stereocenters. The van der Waals surface area contributed by atoms with Gasteiger partial charge >= 0.3 is 0 Å². The number of aliphatic hydroxyl groups is 1. The van der Waals surface area contributed by atoms with Crippen LogP contribution in [0, 0.1) is 13.8 Å². The average Bonchev–Trinajstić information content (AvgIpc) is 2.20. The molecule has 2 heterocycles. The second-order valence-corrected chi connectivity index (χ2v) is 4.80. The van der Waals surface area contributed by atoms with Crippen molar-refractivity contribution in [2.24, 2.45) is 0 Å². The van der Waals surface area contributed by atoms with Crippen molar-refractivity contribution < 1.29 is 5.11 Å². The Morgan fingerprint density at radius 3 is 2.62 bits per heavy atom. The lowest BCUT2D eigenvalue weighted by Crippen LogP contribution is -2.47. The van der Waals surface area contributed by atoms with Gasteiger partial charge in [0.05, 0.1) is 17.0 Å². The van der Waals surface area contributed by atoms with Gasteiger partial charge in [-0.3, -0.25) is 0 Å². The highest BCUT2D eigenvalue weighted by molar-refractivity contribution is 5.31. The van der Waals surface area contributed by atoms with Crippen molar-refractivity contribution in [1.82, 2.24) is 15.2 Å². The molecule has 0 amide bonds. The second-order valence-electron chi connectivity index (χ2n) is 4.80. The maximum absolute atomic E-state index is 10.0. The van der Waals surface area contributed by atoms with E-state index in [0.717, 1.165) is 30.8 Å². The molecule has 16 heavy (non-hydrogen) atoms. The summed E-state index contributed by atoms with van der Waals surface area (Å²) in [4.78, 5) is 6.41. The number of β-amino-alcohol motifs (C(OH)–C–C–N with tert-alkyl or cyclic N) is 1. The van der Waals surface area contributed by atoms with Gasteiger partial charge in [-0.05, 0) is 33.6 Å². The SMILES string of the molecule is Cc1nnc(N2CCCC(C)(O)C2)nc1C. The van der Waals surface area contributed by atoms with Crippen LogP contribution in [0.15, 0.2) is 0 Å². The fourth-order valence-corrected chi connectivity index (χ4v) is 1.97. The monoisotopic (exact) mass is 222 g/mol. The summed E-state index contributed by atoms with van der Waals surface area (Å²) in [5.41, 5.74) is 1.11. The minimum Gasteiger partial charge on any atom is -0.388 e. The molecular formula is C11H18N4O. The molecule has 1 atom stereocenters. The predicted molar refractivity (Wildman–Crippen MR) is 61.4 cm³/mol. The van der Waals surface area contributed by atoms with Gasteiger partial charge in [0.25, 0.3) is 0 Å². The standard InChI is InChI=1S/C11H18N4O/c1-8-9(2)13-14-10(12-8)15-6-4-5-11(3,16)7-15/h16H,4-7H2,1-3H3. The Morgan fingerprint density at radius 2 is 2.00 bits per heavy atom. The molecule has 88 valence electrons. The summed E-state index contributed by atoms with van der Waals surface area (Å²) < 4.78 is 0. The van der Waals surface area contributed by atoms with Gasteiger partial charge in [0.1, 0.15) is 0 Å². The Balaban J connectivity index is 2.20. The third-order valence-electron chi connectivity index (χ3n) is 3.04. The molecule has 1 N–H and O–H groups in total. The van der Waals surface area contributed by atoms with E-state index in [1.807, 2.05) is 25.7 Å². The van der Waals surface area contributed by atoms with Gasteiger partial charge in [-0.15, -0.1) is 5.10 Å². The predicted octanol–water partition coefficient (Wildman–Crippen LogP) is 0.840. The zero-order valence-corrected chi connectivity index (χ0v) is 10.1. The highest BCUT2D eigenvalue weighted by atomic mass is 16.3. The maximum atomic E-state index is 10.0. The summed E-state index contributed by atoms with van der Waals surface area (Å²) in [6.45, 7) is 7.15. The molecule has 1 aliphatic rings. The van der Waals surface area contributed by atoms with Crippen LogP contribution in [-0.4, -0.2) is 39.0 Å². The normalized spacial score (nSPS) is 25.9. The highest BCUT2D eigenvalue weighted by Crippen LogP contribution is 2.23. The van der Waals surface area contributed by atoms with E-state index in [1.54, 1.807) is 0 Å². The van der Waals surface area contributed by atoms with Crippen LogP contribution in [0.4, 0.5) is 5.95 Å². The van der Waals surface area contributed by atoms with E-state index in [-0.39, 0.29) is 0 Å². The first kappa shape index (κ1) is 11.3. The Hall–Kier alpha value is -1.23. The Kier molecular flexibility index (Phi) is 2.80. The molecule has 0 bridgehead atoms. The molecule has 0 radical (unpaired) electrons. The zero-order valence-electron chi connectivity index (χ0n) is 10.1. The molecular weight excluding hydrogens is 204 g/mol. The molecule has 0 aromatic carbocycles. The van der Waals surface area contributed by atoms with Crippen molar-refractivity contribution >= 4 is 5.95 Å². The molecule has 1 fully saturated rings. The summed E-state index contributed by atoms with van der Waals surface area (Å²) >= 11 is 0. The molecule has 0 spiro atoms. The summed E-state index contributed by atoms with van der Waals surface area (Å²) in [6.07, 6.45) is 1.80. The number of hydrogen-bond donors (Lipinski definition) is 1. The second kappa shape index (κ2) is 3.97. The molecule has 1 aromatic heterocycles. The molecule has 1 aromatic rings. The number of aromatic nitrogens is 3. The first-order valence-electron chi connectivity index (χ1n) is 5.63. The number of aryl methyl sites for hydroxylation is 2. The van der Waals surface area contributed by atoms with Crippen LogP contribution in [0.1, 0.15) is 31.2 Å². The number of nitrogens with zero attached hydrogens (tertiary/aromatic N) is 4. The molecule has 0 saturated carbocycles. The van der Waals surface area contributed by atoms with E-state index < -0.39 is 5.60 Å². The zero-order chi connectivity index (χ0) is 11.8. The topological polar surface area (TPSA) is 62.1 Å². The van der Waals surface area contributed by atoms with Crippen molar-refractivity contribution in [3.8, 4) is 0 Å². The molecule has 1 saturated heterocycles. The van der Waals surface area contributed by atoms with Gasteiger partial charge in [-0.25, -0.2) is 4.98 Å². The minimum absolute atomic E-state index is 0.581. The van der Waals surface area contributed by atoms with E-state index in [2.05, 4.69) is 15.2 Å². The smallest absolute Gasteiger partial charge is 0.245 e. The molecule has 0 aliphatic carbocycles. The van der Waals surface area contributed by atoms with E-state index >= 15 is 0 Å². The van der Waals surface area contributed by atoms with Crippen molar-refractivity contribution in [2.75, 3.05) is 18.0 Å². The third kappa shape index (κ3) is 2.29. The van der Waals surface area contributed by atoms with Crippen LogP contribution in [0.2, 0.25) is 0 Å². The van der Waals surface area contributed by atoms with Crippen LogP contribution >= 0.6 is 0 Å². The van der Waals surface area contributed by atoms with Crippen LogP contribution in [0.25, 0.3) is 0 Å². The number of hydrogen-bond acceptors (Lipinski definition) is 5. The van der Waals surface area contributed by atoms with Crippen molar-refractivity contribution in [1.29, 1.82) is 0 Å². The summed E-state index contributed by atoms with van der Waals surface area (Å²) in [5, 5.41) is 18.2. The Labute approximate surface area is 95.5 Å². The lowest BCUT2D eigenvalue weighted by molar-refractivity contribution is 0.0444. The quantitative estimate of drug-likeness (QED) is 0.763. The van der Waals surface area contributed by atoms with Crippen molar-refractivity contribution in [2.45, 2.75) is 39.2 Å². The molecule has 5 nitrogen and oxygen atoms in total. The third-order valence-corrected chi connectivity index (χ3v) is 3.04. The summed E-state index contributed by atoms with van der Waals surface area (Å²) in [5.74, 6) is 0.628. The molecule has 2 rings (SSSR count). The number of anilines is 1. The van der Waals surface area contributed by atoms with Gasteiger partial charge in [0, 0.05) is 13.1 Å². The van der Waals surface area contributed by atoms with Gasteiger partial charge in [0.15, 0.2) is 0 Å². The molecule has 1 aliphatic heterocycles. The average molecular weight is 222 g/mol. The van der Waals surface area contributed by atoms with Gasteiger partial charge in [-0.2, -0.15) is 5.10 Å². The molecule has 5 heteroatoms. The lowest BCUT2D eigenvalue weighted by Gasteiger charge is -2.36.